The van der Waals surface area contributed by atoms with Crippen LogP contribution in [0.4, 0.5) is 0 Å². The maximum Gasteiger partial charge on any atom is 0.311 e. The molecule has 0 saturated carbocycles. The molecule has 15 heavy (non-hydrogen) atoms. The number of nitrogens with one attached hydrogen (secondary N) is 1. The van der Waals surface area contributed by atoms with Gasteiger partial charge in [0, 0.05) is 6.42 Å². The smallest absolute Gasteiger partial charge is 0.311 e. The van der Waals surface area contributed by atoms with E-state index < -0.39 is 29.6 Å². The van der Waals surface area contributed by atoms with Crippen LogP contribution in [0, 0.1) is 23.2 Å². The number of piperidine rings is 1. The molecule has 0 aliphatic carbocycles. The number of ether oxygens (including phenoxy) is 1. The van der Waals surface area contributed by atoms with E-state index in [2.05, 4.69) is 4.74 Å². The molecular weight excluding hydrogens is 200 g/mol. The van der Waals surface area contributed by atoms with E-state index >= 15 is 0 Å². The highest BCUT2D eigenvalue weighted by atomic mass is 16.5. The zero-order valence-electron chi connectivity index (χ0n) is 8.15. The van der Waals surface area contributed by atoms with Crippen LogP contribution in [0.15, 0.2) is 0 Å². The second kappa shape index (κ2) is 4.55. The van der Waals surface area contributed by atoms with Gasteiger partial charge in [-0.3, -0.25) is 19.7 Å². The maximum atomic E-state index is 11.4. The van der Waals surface area contributed by atoms with Crippen molar-refractivity contribution in [2.45, 2.75) is 13.3 Å². The summed E-state index contributed by atoms with van der Waals surface area (Å²) in [5, 5.41) is 10.7. The molecule has 1 N–H and O–H groups in total. The van der Waals surface area contributed by atoms with E-state index in [1.807, 2.05) is 5.32 Å². The molecule has 6 nitrogen and oxygen atoms in total. The van der Waals surface area contributed by atoms with Gasteiger partial charge in [-0.1, -0.05) is 0 Å². The first-order valence-electron chi connectivity index (χ1n) is 4.50. The first-order chi connectivity index (χ1) is 7.10. The van der Waals surface area contributed by atoms with Crippen molar-refractivity contribution in [3.8, 4) is 6.07 Å². The first-order valence-corrected chi connectivity index (χ1v) is 4.50. The Morgan fingerprint density at radius 2 is 2.33 bits per heavy atom. The van der Waals surface area contributed by atoms with Crippen molar-refractivity contribution in [1.29, 1.82) is 5.26 Å². The lowest BCUT2D eigenvalue weighted by molar-refractivity contribution is -0.156. The molecule has 0 radical (unpaired) electrons. The fraction of sp³-hybridized carbons (Fsp3) is 0.556. The maximum absolute atomic E-state index is 11.4. The van der Waals surface area contributed by atoms with Crippen molar-refractivity contribution in [2.75, 3.05) is 6.61 Å². The number of carbonyl (C=O) groups is 3. The largest absolute Gasteiger partial charge is 0.466 e. The lowest BCUT2D eigenvalue weighted by Crippen LogP contribution is -2.48. The van der Waals surface area contributed by atoms with Gasteiger partial charge in [-0.25, -0.2) is 0 Å². The van der Waals surface area contributed by atoms with Gasteiger partial charge in [0.1, 0.15) is 5.92 Å². The van der Waals surface area contributed by atoms with Gasteiger partial charge in [0.25, 0.3) is 0 Å². The van der Waals surface area contributed by atoms with Crippen molar-refractivity contribution in [2.24, 2.45) is 11.8 Å². The van der Waals surface area contributed by atoms with Crippen molar-refractivity contribution in [3.63, 3.8) is 0 Å². The fourth-order valence-corrected chi connectivity index (χ4v) is 1.38. The Morgan fingerprint density at radius 3 is 2.87 bits per heavy atom. The van der Waals surface area contributed by atoms with Crippen LogP contribution in [-0.4, -0.2) is 24.4 Å². The molecule has 2 atom stereocenters. The molecule has 1 aliphatic heterocycles. The Kier molecular flexibility index (Phi) is 3.39. The van der Waals surface area contributed by atoms with Gasteiger partial charge in [0.05, 0.1) is 18.6 Å². The zero-order chi connectivity index (χ0) is 11.4. The van der Waals surface area contributed by atoms with Gasteiger partial charge in [0.2, 0.25) is 11.8 Å². The molecule has 0 aromatic heterocycles. The normalized spacial score (nSPS) is 25.3. The summed E-state index contributed by atoms with van der Waals surface area (Å²) >= 11 is 0. The van der Waals surface area contributed by atoms with E-state index in [9.17, 15) is 14.4 Å². The quantitative estimate of drug-likeness (QED) is 0.482. The second-order valence-corrected chi connectivity index (χ2v) is 3.08. The van der Waals surface area contributed by atoms with E-state index in [1.54, 1.807) is 13.0 Å². The van der Waals surface area contributed by atoms with Crippen LogP contribution >= 0.6 is 0 Å². The van der Waals surface area contributed by atoms with E-state index in [0.717, 1.165) is 0 Å². The number of amides is 2. The van der Waals surface area contributed by atoms with E-state index in [-0.39, 0.29) is 13.0 Å². The Hall–Kier alpha value is -1.90. The first kappa shape index (κ1) is 11.2. The Balaban J connectivity index is 2.83. The summed E-state index contributed by atoms with van der Waals surface area (Å²) in [7, 11) is 0. The third-order valence-electron chi connectivity index (χ3n) is 2.08. The van der Waals surface area contributed by atoms with Gasteiger partial charge in [-0.05, 0) is 6.92 Å². The molecule has 1 saturated heterocycles. The summed E-state index contributed by atoms with van der Waals surface area (Å²) in [6.45, 7) is 1.77. The van der Waals surface area contributed by atoms with Crippen LogP contribution in [0.25, 0.3) is 0 Å². The number of hydrogen-bond acceptors (Lipinski definition) is 5. The number of esters is 1. The molecule has 1 fully saturated rings. The number of hydrogen-bond donors (Lipinski definition) is 1. The third-order valence-corrected chi connectivity index (χ3v) is 2.08. The van der Waals surface area contributed by atoms with Crippen LogP contribution in [-0.2, 0) is 19.1 Å². The molecule has 1 heterocycles. The molecule has 6 heteroatoms. The van der Waals surface area contributed by atoms with Crippen molar-refractivity contribution in [3.05, 3.63) is 0 Å². The molecular formula is C9H10N2O4. The van der Waals surface area contributed by atoms with Crippen LogP contribution in [0.1, 0.15) is 13.3 Å². The Morgan fingerprint density at radius 1 is 1.67 bits per heavy atom. The Labute approximate surface area is 86.2 Å². The topological polar surface area (TPSA) is 96.3 Å². The fourth-order valence-electron chi connectivity index (χ4n) is 1.38. The van der Waals surface area contributed by atoms with Crippen molar-refractivity contribution in [1.82, 2.24) is 5.32 Å². The number of carbonyl (C=O) groups excluding carboxylic acids is 3. The number of rotatable bonds is 2. The van der Waals surface area contributed by atoms with E-state index in [4.69, 9.17) is 5.26 Å². The van der Waals surface area contributed by atoms with Gasteiger partial charge in [0.15, 0.2) is 0 Å². The van der Waals surface area contributed by atoms with Gasteiger partial charge < -0.3 is 4.74 Å². The molecule has 0 aromatic carbocycles. The molecule has 0 bridgehead atoms. The highest BCUT2D eigenvalue weighted by Gasteiger charge is 2.41. The molecule has 1 rings (SSSR count). The van der Waals surface area contributed by atoms with Crippen molar-refractivity contribution >= 4 is 17.8 Å². The van der Waals surface area contributed by atoms with Crippen molar-refractivity contribution < 1.29 is 19.1 Å². The number of nitriles is 1. The SMILES string of the molecule is CCOC(=O)C1CC(=O)NC(=O)C1C#N. The summed E-state index contributed by atoms with van der Waals surface area (Å²) in [4.78, 5) is 33.6. The van der Waals surface area contributed by atoms with E-state index in [1.165, 1.54) is 0 Å². The summed E-state index contributed by atoms with van der Waals surface area (Å²) < 4.78 is 4.69. The van der Waals surface area contributed by atoms with Crippen LogP contribution < -0.4 is 5.32 Å². The average Bonchev–Trinajstić information content (AvgIpc) is 2.17. The van der Waals surface area contributed by atoms with E-state index in [0.29, 0.717) is 0 Å². The lowest BCUT2D eigenvalue weighted by atomic mass is 9.86. The lowest BCUT2D eigenvalue weighted by Gasteiger charge is -2.23. The average molecular weight is 210 g/mol. The molecule has 2 amide bonds. The van der Waals surface area contributed by atoms with Crippen LogP contribution in [0.2, 0.25) is 0 Å². The summed E-state index contributed by atoms with van der Waals surface area (Å²) in [5.74, 6) is -4.07. The number of imide groups is 1. The Bertz CT molecular complexity index is 345. The molecule has 0 aromatic rings. The minimum atomic E-state index is -1.14. The predicted octanol–water partition coefficient (Wildman–Crippen LogP) is -0.648. The highest BCUT2D eigenvalue weighted by Crippen LogP contribution is 2.21. The number of nitrogens with zero attached hydrogens (tertiary/aromatic N) is 1. The van der Waals surface area contributed by atoms with Crippen LogP contribution in [0.3, 0.4) is 0 Å². The summed E-state index contributed by atoms with van der Waals surface area (Å²) in [6.07, 6.45) is -0.178. The molecule has 1 aliphatic rings. The highest BCUT2D eigenvalue weighted by molar-refractivity contribution is 6.03. The second-order valence-electron chi connectivity index (χ2n) is 3.08. The predicted molar refractivity (Wildman–Crippen MR) is 47.0 cm³/mol. The van der Waals surface area contributed by atoms with Gasteiger partial charge in [-0.2, -0.15) is 5.26 Å². The third kappa shape index (κ3) is 2.31. The minimum Gasteiger partial charge on any atom is -0.466 e. The summed E-state index contributed by atoms with van der Waals surface area (Å²) in [5.41, 5.74) is 0. The van der Waals surface area contributed by atoms with Gasteiger partial charge >= 0.3 is 5.97 Å². The molecule has 2 unspecified atom stereocenters. The monoisotopic (exact) mass is 210 g/mol. The molecule has 80 valence electrons. The zero-order valence-corrected chi connectivity index (χ0v) is 8.15. The summed E-state index contributed by atoms with van der Waals surface area (Å²) in [6, 6.07) is 1.70. The standard InChI is InChI=1S/C9H10N2O4/c1-2-15-9(14)5-3-7(12)11-8(13)6(5)4-10/h5-6H,2-3H2,1H3,(H,11,12,13). The minimum absolute atomic E-state index is 0.156. The van der Waals surface area contributed by atoms with Gasteiger partial charge in [-0.15, -0.1) is 0 Å². The molecule has 0 spiro atoms. The van der Waals surface area contributed by atoms with Crippen LogP contribution in [0.5, 0.6) is 0 Å².